The molecule has 0 aromatic heterocycles. The normalized spacial score (nSPS) is 15.6. The molecule has 86 valence electrons. The fourth-order valence-electron chi connectivity index (χ4n) is 1.66. The lowest BCUT2D eigenvalue weighted by atomic mass is 9.99. The number of hydrogen-bond donors (Lipinski definition) is 3. The van der Waals surface area contributed by atoms with E-state index in [0.717, 1.165) is 24.3 Å². The molecule has 0 atom stereocenters. The van der Waals surface area contributed by atoms with Gasteiger partial charge in [-0.1, -0.05) is 12.1 Å². The molecule has 4 heteroatoms. The molecule has 3 N–H and O–H groups in total. The second-order valence-corrected chi connectivity index (χ2v) is 4.13. The maximum Gasteiger partial charge on any atom is 0.224 e. The van der Waals surface area contributed by atoms with Crippen LogP contribution in [0.15, 0.2) is 24.3 Å². The van der Waals surface area contributed by atoms with E-state index in [4.69, 9.17) is 5.11 Å². The summed E-state index contributed by atoms with van der Waals surface area (Å²) in [6.45, 7) is 1.91. The Morgan fingerprint density at radius 2 is 2.06 bits per heavy atom. The van der Waals surface area contributed by atoms with Crippen molar-refractivity contribution in [1.29, 1.82) is 0 Å². The van der Waals surface area contributed by atoms with Crippen molar-refractivity contribution in [3.05, 3.63) is 29.8 Å². The SMILES string of the molecule is O=C(CC1CNC1)Nc1ccc(CO)cc1. The highest BCUT2D eigenvalue weighted by Gasteiger charge is 2.19. The Labute approximate surface area is 94.7 Å². The van der Waals surface area contributed by atoms with E-state index in [0.29, 0.717) is 12.3 Å². The molecule has 1 aromatic rings. The third kappa shape index (κ3) is 2.81. The smallest absolute Gasteiger partial charge is 0.224 e. The minimum absolute atomic E-state index is 0.0297. The molecule has 1 aromatic carbocycles. The predicted molar refractivity (Wildman–Crippen MR) is 62.0 cm³/mol. The summed E-state index contributed by atoms with van der Waals surface area (Å²) in [6.07, 6.45) is 0.578. The Balaban J connectivity index is 1.84. The highest BCUT2D eigenvalue weighted by molar-refractivity contribution is 5.90. The van der Waals surface area contributed by atoms with Crippen LogP contribution in [-0.2, 0) is 11.4 Å². The van der Waals surface area contributed by atoms with Gasteiger partial charge in [0, 0.05) is 12.1 Å². The van der Waals surface area contributed by atoms with Crippen LogP contribution in [0.1, 0.15) is 12.0 Å². The van der Waals surface area contributed by atoms with Gasteiger partial charge in [0.15, 0.2) is 0 Å². The number of aliphatic hydroxyl groups is 1. The van der Waals surface area contributed by atoms with E-state index in [1.54, 1.807) is 12.1 Å². The molecule has 2 rings (SSSR count). The lowest BCUT2D eigenvalue weighted by Gasteiger charge is -2.26. The number of benzene rings is 1. The first-order valence-electron chi connectivity index (χ1n) is 5.48. The number of carbonyl (C=O) groups excluding carboxylic acids is 1. The lowest BCUT2D eigenvalue weighted by Crippen LogP contribution is -2.43. The van der Waals surface area contributed by atoms with Crippen molar-refractivity contribution in [3.8, 4) is 0 Å². The van der Waals surface area contributed by atoms with E-state index in [1.165, 1.54) is 0 Å². The molecular formula is C12H16N2O2. The lowest BCUT2D eigenvalue weighted by molar-refractivity contribution is -0.117. The van der Waals surface area contributed by atoms with E-state index in [9.17, 15) is 4.79 Å². The van der Waals surface area contributed by atoms with Crippen LogP contribution in [0.25, 0.3) is 0 Å². The molecule has 1 heterocycles. The molecule has 1 aliphatic rings. The van der Waals surface area contributed by atoms with Crippen LogP contribution in [0.2, 0.25) is 0 Å². The average Bonchev–Trinajstić information content (AvgIpc) is 2.25. The van der Waals surface area contributed by atoms with E-state index in [2.05, 4.69) is 10.6 Å². The topological polar surface area (TPSA) is 61.4 Å². The molecule has 0 aliphatic carbocycles. The second kappa shape index (κ2) is 5.09. The van der Waals surface area contributed by atoms with Gasteiger partial charge in [0.1, 0.15) is 0 Å². The third-order valence-electron chi connectivity index (χ3n) is 2.76. The maximum atomic E-state index is 11.6. The van der Waals surface area contributed by atoms with Crippen LogP contribution in [0, 0.1) is 5.92 Å². The first kappa shape index (κ1) is 11.1. The standard InChI is InChI=1S/C12H16N2O2/c15-8-9-1-3-11(4-2-9)14-12(16)5-10-6-13-7-10/h1-4,10,13,15H,5-8H2,(H,14,16). The molecule has 1 fully saturated rings. The molecule has 16 heavy (non-hydrogen) atoms. The largest absolute Gasteiger partial charge is 0.392 e. The number of aliphatic hydroxyl groups excluding tert-OH is 1. The summed E-state index contributed by atoms with van der Waals surface area (Å²) in [6, 6.07) is 7.23. The third-order valence-corrected chi connectivity index (χ3v) is 2.76. The zero-order valence-electron chi connectivity index (χ0n) is 9.07. The summed E-state index contributed by atoms with van der Waals surface area (Å²) < 4.78 is 0. The van der Waals surface area contributed by atoms with Crippen LogP contribution in [0.5, 0.6) is 0 Å². The number of nitrogens with one attached hydrogen (secondary N) is 2. The highest BCUT2D eigenvalue weighted by atomic mass is 16.3. The molecule has 4 nitrogen and oxygen atoms in total. The molecule has 0 bridgehead atoms. The van der Waals surface area contributed by atoms with Gasteiger partial charge in [-0.05, 0) is 36.7 Å². The summed E-state index contributed by atoms with van der Waals surface area (Å²) in [5.41, 5.74) is 1.63. The Morgan fingerprint density at radius 1 is 1.38 bits per heavy atom. The van der Waals surface area contributed by atoms with E-state index < -0.39 is 0 Å². The summed E-state index contributed by atoms with van der Waals surface area (Å²) in [5, 5.41) is 14.9. The zero-order valence-corrected chi connectivity index (χ0v) is 9.07. The van der Waals surface area contributed by atoms with Gasteiger partial charge in [-0.15, -0.1) is 0 Å². The summed E-state index contributed by atoms with van der Waals surface area (Å²) >= 11 is 0. The average molecular weight is 220 g/mol. The van der Waals surface area contributed by atoms with Gasteiger partial charge in [0.2, 0.25) is 5.91 Å². The van der Waals surface area contributed by atoms with Crippen LogP contribution < -0.4 is 10.6 Å². The maximum absolute atomic E-state index is 11.6. The Bertz CT molecular complexity index is 358. The quantitative estimate of drug-likeness (QED) is 0.701. The van der Waals surface area contributed by atoms with E-state index in [-0.39, 0.29) is 12.5 Å². The monoisotopic (exact) mass is 220 g/mol. The second-order valence-electron chi connectivity index (χ2n) is 4.13. The van der Waals surface area contributed by atoms with Crippen molar-refractivity contribution in [2.45, 2.75) is 13.0 Å². The minimum Gasteiger partial charge on any atom is -0.392 e. The highest BCUT2D eigenvalue weighted by Crippen LogP contribution is 2.13. The number of amides is 1. The summed E-state index contributed by atoms with van der Waals surface area (Å²) in [5.74, 6) is 0.542. The van der Waals surface area contributed by atoms with Gasteiger partial charge < -0.3 is 15.7 Å². The summed E-state index contributed by atoms with van der Waals surface area (Å²) in [7, 11) is 0. The van der Waals surface area contributed by atoms with Crippen LogP contribution >= 0.6 is 0 Å². The predicted octanol–water partition coefficient (Wildman–Crippen LogP) is 0.727. The van der Waals surface area contributed by atoms with E-state index >= 15 is 0 Å². The first-order chi connectivity index (χ1) is 7.78. The molecule has 1 aliphatic heterocycles. The van der Waals surface area contributed by atoms with Crippen molar-refractivity contribution in [2.24, 2.45) is 5.92 Å². The fourth-order valence-corrected chi connectivity index (χ4v) is 1.66. The molecule has 1 saturated heterocycles. The van der Waals surface area contributed by atoms with E-state index in [1.807, 2.05) is 12.1 Å². The van der Waals surface area contributed by atoms with Gasteiger partial charge in [-0.25, -0.2) is 0 Å². The zero-order chi connectivity index (χ0) is 11.4. The van der Waals surface area contributed by atoms with Crippen molar-refractivity contribution >= 4 is 11.6 Å². The summed E-state index contributed by atoms with van der Waals surface area (Å²) in [4.78, 5) is 11.6. The minimum atomic E-state index is 0.0297. The van der Waals surface area contributed by atoms with Gasteiger partial charge in [-0.3, -0.25) is 4.79 Å². The molecule has 0 spiro atoms. The van der Waals surface area contributed by atoms with Crippen molar-refractivity contribution < 1.29 is 9.90 Å². The van der Waals surface area contributed by atoms with Crippen molar-refractivity contribution in [1.82, 2.24) is 5.32 Å². The van der Waals surface area contributed by atoms with Crippen LogP contribution in [0.3, 0.4) is 0 Å². The Morgan fingerprint density at radius 3 is 2.56 bits per heavy atom. The van der Waals surface area contributed by atoms with Gasteiger partial charge in [0.25, 0.3) is 0 Å². The fraction of sp³-hybridized carbons (Fsp3) is 0.417. The number of hydrogen-bond acceptors (Lipinski definition) is 3. The number of rotatable bonds is 4. The van der Waals surface area contributed by atoms with Crippen molar-refractivity contribution in [3.63, 3.8) is 0 Å². The molecule has 0 unspecified atom stereocenters. The Kier molecular flexibility index (Phi) is 3.54. The van der Waals surface area contributed by atoms with Crippen LogP contribution in [-0.4, -0.2) is 24.1 Å². The molecular weight excluding hydrogens is 204 g/mol. The van der Waals surface area contributed by atoms with Gasteiger partial charge >= 0.3 is 0 Å². The molecule has 0 radical (unpaired) electrons. The Hall–Kier alpha value is -1.39. The van der Waals surface area contributed by atoms with Gasteiger partial charge in [0.05, 0.1) is 6.61 Å². The number of anilines is 1. The number of carbonyl (C=O) groups is 1. The van der Waals surface area contributed by atoms with Crippen molar-refractivity contribution in [2.75, 3.05) is 18.4 Å². The van der Waals surface area contributed by atoms with Gasteiger partial charge in [-0.2, -0.15) is 0 Å². The first-order valence-corrected chi connectivity index (χ1v) is 5.48. The van der Waals surface area contributed by atoms with Crippen LogP contribution in [0.4, 0.5) is 5.69 Å². The molecule has 1 amide bonds. The molecule has 0 saturated carbocycles.